The zero-order chi connectivity index (χ0) is 18.4. The Kier molecular flexibility index (Phi) is 4.12. The van der Waals surface area contributed by atoms with Crippen LogP contribution in [-0.2, 0) is 16.3 Å². The largest absolute Gasteiger partial charge is 0.478 e. The summed E-state index contributed by atoms with van der Waals surface area (Å²) in [6.45, 7) is 1.95. The molecule has 1 aromatic heterocycles. The average Bonchev–Trinajstić information content (AvgIpc) is 2.54. The van der Waals surface area contributed by atoms with E-state index in [2.05, 4.69) is 0 Å². The molecule has 25 heavy (non-hydrogen) atoms. The van der Waals surface area contributed by atoms with Crippen LogP contribution in [0.1, 0.15) is 29.3 Å². The number of carboxylic acids is 1. The van der Waals surface area contributed by atoms with Gasteiger partial charge in [-0.2, -0.15) is 0 Å². The lowest BCUT2D eigenvalue weighted by molar-refractivity contribution is 0.0697. The SMILES string of the molecule is CCCc1cc(S(C)(=O)=O)c2oc3ccc(C(=O)O)cc3c(=O)c2c1. The van der Waals surface area contributed by atoms with Crippen molar-refractivity contribution in [1.82, 2.24) is 0 Å². The highest BCUT2D eigenvalue weighted by atomic mass is 32.2. The maximum absolute atomic E-state index is 12.9. The van der Waals surface area contributed by atoms with Gasteiger partial charge in [0.25, 0.3) is 0 Å². The van der Waals surface area contributed by atoms with Crippen molar-refractivity contribution in [3.05, 3.63) is 51.7 Å². The van der Waals surface area contributed by atoms with Crippen LogP contribution < -0.4 is 5.43 Å². The topological polar surface area (TPSA) is 102 Å². The second kappa shape index (κ2) is 6.00. The van der Waals surface area contributed by atoms with Gasteiger partial charge in [0.15, 0.2) is 15.4 Å². The third kappa shape index (κ3) is 3.02. The van der Waals surface area contributed by atoms with Crippen molar-refractivity contribution in [1.29, 1.82) is 0 Å². The van der Waals surface area contributed by atoms with Crippen LogP contribution in [0.4, 0.5) is 0 Å². The molecule has 0 unspecified atom stereocenters. The van der Waals surface area contributed by atoms with Crippen LogP contribution in [0, 0.1) is 0 Å². The number of sulfone groups is 1. The van der Waals surface area contributed by atoms with E-state index in [1.165, 1.54) is 24.3 Å². The minimum atomic E-state index is -3.60. The molecular formula is C18H16O6S. The minimum absolute atomic E-state index is 0.00271. The van der Waals surface area contributed by atoms with Gasteiger partial charge in [-0.25, -0.2) is 13.2 Å². The third-order valence-electron chi connectivity index (χ3n) is 3.98. The van der Waals surface area contributed by atoms with Crippen molar-refractivity contribution in [3.8, 4) is 0 Å². The van der Waals surface area contributed by atoms with E-state index < -0.39 is 21.2 Å². The standard InChI is InChI=1S/C18H16O6S/c1-3-4-10-7-13-16(19)12-9-11(18(20)21)5-6-14(12)24-17(13)15(8-10)25(2,22)23/h5-9H,3-4H2,1-2H3,(H,20,21). The van der Waals surface area contributed by atoms with E-state index in [0.717, 1.165) is 18.2 Å². The first-order chi connectivity index (χ1) is 11.7. The molecule has 130 valence electrons. The highest BCUT2D eigenvalue weighted by molar-refractivity contribution is 7.91. The van der Waals surface area contributed by atoms with Gasteiger partial charge in [0.2, 0.25) is 5.43 Å². The summed E-state index contributed by atoms with van der Waals surface area (Å²) in [6.07, 6.45) is 2.47. The zero-order valence-corrected chi connectivity index (χ0v) is 14.5. The Morgan fingerprint density at radius 1 is 1.16 bits per heavy atom. The molecule has 0 bridgehead atoms. The molecule has 2 aromatic carbocycles. The normalized spacial score (nSPS) is 11.9. The molecule has 3 rings (SSSR count). The van der Waals surface area contributed by atoms with Gasteiger partial charge < -0.3 is 9.52 Å². The Bertz CT molecular complexity index is 1170. The minimum Gasteiger partial charge on any atom is -0.478 e. The number of benzene rings is 2. The van der Waals surface area contributed by atoms with Crippen LogP contribution in [0.2, 0.25) is 0 Å². The number of fused-ring (bicyclic) bond motifs is 2. The summed E-state index contributed by atoms with van der Waals surface area (Å²) in [7, 11) is -3.60. The van der Waals surface area contributed by atoms with Gasteiger partial charge in [0.05, 0.1) is 16.3 Å². The molecule has 3 aromatic rings. The first kappa shape index (κ1) is 17.2. The Labute approximate surface area is 143 Å². The molecule has 7 heteroatoms. The molecule has 6 nitrogen and oxygen atoms in total. The van der Waals surface area contributed by atoms with Crippen molar-refractivity contribution in [2.24, 2.45) is 0 Å². The number of carboxylic acid groups (broad SMARTS) is 1. The van der Waals surface area contributed by atoms with Gasteiger partial charge in [0, 0.05) is 6.26 Å². The smallest absolute Gasteiger partial charge is 0.335 e. The summed E-state index contributed by atoms with van der Waals surface area (Å²) in [5, 5.41) is 9.35. The Balaban J connectivity index is 2.50. The highest BCUT2D eigenvalue weighted by Gasteiger charge is 2.19. The lowest BCUT2D eigenvalue weighted by Gasteiger charge is -2.09. The lowest BCUT2D eigenvalue weighted by atomic mass is 10.0. The fraction of sp³-hybridized carbons (Fsp3) is 0.222. The number of hydrogen-bond acceptors (Lipinski definition) is 5. The molecule has 0 aliphatic carbocycles. The second-order valence-corrected chi connectivity index (χ2v) is 7.92. The van der Waals surface area contributed by atoms with Gasteiger partial charge >= 0.3 is 5.97 Å². The van der Waals surface area contributed by atoms with Crippen molar-refractivity contribution < 1.29 is 22.7 Å². The molecule has 1 heterocycles. The molecule has 1 N–H and O–H groups in total. The Morgan fingerprint density at radius 3 is 2.48 bits per heavy atom. The fourth-order valence-corrected chi connectivity index (χ4v) is 3.68. The van der Waals surface area contributed by atoms with Crippen molar-refractivity contribution in [3.63, 3.8) is 0 Å². The summed E-state index contributed by atoms with van der Waals surface area (Å²) >= 11 is 0. The van der Waals surface area contributed by atoms with Gasteiger partial charge in [-0.1, -0.05) is 13.3 Å². The molecule has 0 aliphatic rings. The van der Waals surface area contributed by atoms with E-state index in [0.29, 0.717) is 6.42 Å². The van der Waals surface area contributed by atoms with E-state index in [4.69, 9.17) is 9.52 Å². The Hall–Kier alpha value is -2.67. The lowest BCUT2D eigenvalue weighted by Crippen LogP contribution is -2.08. The summed E-state index contributed by atoms with van der Waals surface area (Å²) in [4.78, 5) is 24.0. The fourth-order valence-electron chi connectivity index (χ4n) is 2.83. The van der Waals surface area contributed by atoms with E-state index in [1.807, 2.05) is 6.92 Å². The van der Waals surface area contributed by atoms with Crippen LogP contribution >= 0.6 is 0 Å². The van der Waals surface area contributed by atoms with Gasteiger partial charge in [-0.3, -0.25) is 4.79 Å². The van der Waals surface area contributed by atoms with E-state index in [1.54, 1.807) is 6.07 Å². The van der Waals surface area contributed by atoms with Crippen LogP contribution in [0.3, 0.4) is 0 Å². The van der Waals surface area contributed by atoms with Gasteiger partial charge in [0.1, 0.15) is 10.5 Å². The predicted octanol–water partition coefficient (Wildman–Crippen LogP) is 3.00. The number of aryl methyl sites for hydroxylation is 1. The van der Waals surface area contributed by atoms with Crippen molar-refractivity contribution in [2.75, 3.05) is 6.26 Å². The predicted molar refractivity (Wildman–Crippen MR) is 94.1 cm³/mol. The second-order valence-electron chi connectivity index (χ2n) is 5.94. The molecule has 0 aliphatic heterocycles. The average molecular weight is 360 g/mol. The number of carbonyl (C=O) groups is 1. The molecule has 0 spiro atoms. The summed E-state index contributed by atoms with van der Waals surface area (Å²) in [5.41, 5.74) is 0.393. The molecule has 0 radical (unpaired) electrons. The summed E-state index contributed by atoms with van der Waals surface area (Å²) in [6, 6.07) is 7.07. The third-order valence-corrected chi connectivity index (χ3v) is 5.08. The highest BCUT2D eigenvalue weighted by Crippen LogP contribution is 2.27. The van der Waals surface area contributed by atoms with Crippen LogP contribution in [-0.4, -0.2) is 25.7 Å². The quantitative estimate of drug-likeness (QED) is 0.718. The van der Waals surface area contributed by atoms with Gasteiger partial charge in [-0.15, -0.1) is 0 Å². The number of rotatable bonds is 4. The molecule has 0 saturated carbocycles. The molecular weight excluding hydrogens is 344 g/mol. The van der Waals surface area contributed by atoms with Crippen molar-refractivity contribution >= 4 is 37.7 Å². The first-order valence-electron chi connectivity index (χ1n) is 7.69. The number of hydrogen-bond donors (Lipinski definition) is 1. The van der Waals surface area contributed by atoms with Crippen LogP contribution in [0.25, 0.3) is 21.9 Å². The van der Waals surface area contributed by atoms with Crippen LogP contribution in [0.15, 0.2) is 44.4 Å². The number of aromatic carboxylic acids is 1. The van der Waals surface area contributed by atoms with E-state index >= 15 is 0 Å². The summed E-state index contributed by atoms with van der Waals surface area (Å²) < 4.78 is 30.0. The van der Waals surface area contributed by atoms with Gasteiger partial charge in [-0.05, 0) is 42.3 Å². The zero-order valence-electron chi connectivity index (χ0n) is 13.7. The molecule has 0 amide bonds. The Morgan fingerprint density at radius 2 is 1.88 bits per heavy atom. The monoisotopic (exact) mass is 360 g/mol. The van der Waals surface area contributed by atoms with Crippen LogP contribution in [0.5, 0.6) is 0 Å². The first-order valence-corrected chi connectivity index (χ1v) is 9.58. The van der Waals surface area contributed by atoms with E-state index in [-0.39, 0.29) is 32.4 Å². The molecule has 0 saturated heterocycles. The van der Waals surface area contributed by atoms with Crippen molar-refractivity contribution in [2.45, 2.75) is 24.7 Å². The van der Waals surface area contributed by atoms with E-state index in [9.17, 15) is 18.0 Å². The maximum atomic E-state index is 12.9. The molecule has 0 fully saturated rings. The molecule has 0 atom stereocenters. The summed E-state index contributed by atoms with van der Waals surface area (Å²) in [5.74, 6) is -1.15. The maximum Gasteiger partial charge on any atom is 0.335 e.